The van der Waals surface area contributed by atoms with Gasteiger partial charge in [0.1, 0.15) is 6.07 Å². The van der Waals surface area contributed by atoms with Crippen molar-refractivity contribution in [3.05, 3.63) is 18.0 Å². The van der Waals surface area contributed by atoms with Crippen molar-refractivity contribution in [2.24, 2.45) is 0 Å². The van der Waals surface area contributed by atoms with Gasteiger partial charge in [-0.05, 0) is 12.8 Å². The van der Waals surface area contributed by atoms with Crippen molar-refractivity contribution in [2.75, 3.05) is 26.2 Å². The van der Waals surface area contributed by atoms with E-state index in [1.165, 1.54) is 12.8 Å². The summed E-state index contributed by atoms with van der Waals surface area (Å²) in [4.78, 5) is 2.40. The van der Waals surface area contributed by atoms with Gasteiger partial charge in [0.25, 0.3) is 0 Å². The van der Waals surface area contributed by atoms with Crippen LogP contribution in [0.2, 0.25) is 0 Å². The monoisotopic (exact) mass is 232 g/mol. The maximum Gasteiger partial charge on any atom is 0.102 e. The molecule has 0 aromatic carbocycles. The molecular weight excluding hydrogens is 216 g/mol. The van der Waals surface area contributed by atoms with E-state index >= 15 is 0 Å². The number of hydrogen-bond acceptors (Lipinski definition) is 4. The van der Waals surface area contributed by atoms with Gasteiger partial charge in [0.05, 0.1) is 23.9 Å². The molecule has 90 valence electrons. The third-order valence-corrected chi connectivity index (χ3v) is 3.53. The molecule has 0 aliphatic carbocycles. The van der Waals surface area contributed by atoms with Gasteiger partial charge in [-0.15, -0.1) is 0 Å². The van der Waals surface area contributed by atoms with E-state index in [2.05, 4.69) is 16.1 Å². The van der Waals surface area contributed by atoms with E-state index in [-0.39, 0.29) is 0 Å². The Bertz CT molecular complexity index is 424. The van der Waals surface area contributed by atoms with E-state index in [1.807, 2.05) is 10.9 Å². The lowest BCUT2D eigenvalue weighted by Crippen LogP contribution is -2.50. The minimum atomic E-state index is 0.429. The minimum Gasteiger partial charge on any atom is -0.377 e. The van der Waals surface area contributed by atoms with Gasteiger partial charge in [0.15, 0.2) is 0 Å². The molecule has 3 heterocycles. The zero-order chi connectivity index (χ0) is 11.7. The molecule has 3 rings (SSSR count). The zero-order valence-electron chi connectivity index (χ0n) is 9.75. The van der Waals surface area contributed by atoms with Crippen LogP contribution < -0.4 is 0 Å². The molecule has 1 aromatic heterocycles. The number of likely N-dealkylation sites (tertiary alicyclic amines) is 1. The summed E-state index contributed by atoms with van der Waals surface area (Å²) in [6, 6.07) is 2.53. The first-order chi connectivity index (χ1) is 8.35. The van der Waals surface area contributed by atoms with Gasteiger partial charge >= 0.3 is 0 Å². The number of ether oxygens (including phenoxy) is 1. The molecule has 5 nitrogen and oxygen atoms in total. The van der Waals surface area contributed by atoms with E-state index in [9.17, 15) is 0 Å². The molecule has 5 heteroatoms. The Kier molecular flexibility index (Phi) is 2.83. The summed E-state index contributed by atoms with van der Waals surface area (Å²) in [6.45, 7) is 4.01. The Balaban J connectivity index is 1.49. The second-order valence-electron chi connectivity index (χ2n) is 4.83. The smallest absolute Gasteiger partial charge is 0.102 e. The molecule has 0 radical (unpaired) electrons. The molecule has 1 atom stereocenters. The molecule has 2 aliphatic rings. The molecule has 2 aliphatic heterocycles. The van der Waals surface area contributed by atoms with Crippen LogP contribution in [-0.2, 0) is 4.74 Å². The summed E-state index contributed by atoms with van der Waals surface area (Å²) in [5, 5.41) is 12.9. The van der Waals surface area contributed by atoms with Crippen molar-refractivity contribution < 1.29 is 4.74 Å². The van der Waals surface area contributed by atoms with Gasteiger partial charge in [-0.25, -0.2) is 0 Å². The number of rotatable bonds is 3. The number of nitriles is 1. The molecule has 0 amide bonds. The summed E-state index contributed by atoms with van der Waals surface area (Å²) in [7, 11) is 0. The minimum absolute atomic E-state index is 0.429. The molecule has 0 bridgehead atoms. The first-order valence-electron chi connectivity index (χ1n) is 6.13. The van der Waals surface area contributed by atoms with Crippen LogP contribution in [0.3, 0.4) is 0 Å². The van der Waals surface area contributed by atoms with Crippen LogP contribution >= 0.6 is 0 Å². The molecule has 0 N–H and O–H groups in total. The van der Waals surface area contributed by atoms with Crippen LogP contribution in [0.4, 0.5) is 0 Å². The predicted octanol–water partition coefficient (Wildman–Crippen LogP) is 0.790. The first-order valence-corrected chi connectivity index (χ1v) is 6.13. The average molecular weight is 232 g/mol. The highest BCUT2D eigenvalue weighted by Gasteiger charge is 2.31. The molecule has 17 heavy (non-hydrogen) atoms. The SMILES string of the molecule is N#Cc1cnn(C2CN(CC3CCCO3)C2)c1. The lowest BCUT2D eigenvalue weighted by molar-refractivity contribution is 0.0246. The number of nitrogens with zero attached hydrogens (tertiary/aromatic N) is 4. The van der Waals surface area contributed by atoms with Gasteiger partial charge in [-0.3, -0.25) is 9.58 Å². The fourth-order valence-corrected chi connectivity index (χ4v) is 2.53. The van der Waals surface area contributed by atoms with E-state index in [1.54, 1.807) is 6.20 Å². The largest absolute Gasteiger partial charge is 0.377 e. The van der Waals surface area contributed by atoms with Crippen molar-refractivity contribution in [1.82, 2.24) is 14.7 Å². The van der Waals surface area contributed by atoms with Gasteiger partial charge in [-0.2, -0.15) is 10.4 Å². The molecule has 0 spiro atoms. The fourth-order valence-electron chi connectivity index (χ4n) is 2.53. The molecule has 2 saturated heterocycles. The Hall–Kier alpha value is -1.38. The van der Waals surface area contributed by atoms with Gasteiger partial charge in [0, 0.05) is 32.4 Å². The summed E-state index contributed by atoms with van der Waals surface area (Å²) >= 11 is 0. The summed E-state index contributed by atoms with van der Waals surface area (Å²) in [5.74, 6) is 0. The lowest BCUT2D eigenvalue weighted by atomic mass is 10.1. The third-order valence-electron chi connectivity index (χ3n) is 3.53. The average Bonchev–Trinajstić information content (AvgIpc) is 2.94. The third kappa shape index (κ3) is 2.19. The fraction of sp³-hybridized carbons (Fsp3) is 0.667. The highest BCUT2D eigenvalue weighted by molar-refractivity contribution is 5.22. The topological polar surface area (TPSA) is 54.1 Å². The van der Waals surface area contributed by atoms with Crippen LogP contribution in [0.5, 0.6) is 0 Å². The van der Waals surface area contributed by atoms with Gasteiger partial charge in [0.2, 0.25) is 0 Å². The molecular formula is C12H16N4O. The van der Waals surface area contributed by atoms with E-state index in [4.69, 9.17) is 10.00 Å². The van der Waals surface area contributed by atoms with Crippen molar-refractivity contribution >= 4 is 0 Å². The predicted molar refractivity (Wildman–Crippen MR) is 61.4 cm³/mol. The number of aromatic nitrogens is 2. The van der Waals surface area contributed by atoms with Crippen LogP contribution in [-0.4, -0.2) is 47.0 Å². The molecule has 2 fully saturated rings. The Morgan fingerprint density at radius 3 is 3.06 bits per heavy atom. The molecule has 1 unspecified atom stereocenters. The summed E-state index contributed by atoms with van der Waals surface area (Å²) < 4.78 is 7.52. The van der Waals surface area contributed by atoms with Crippen LogP contribution in [0, 0.1) is 11.3 Å². The maximum atomic E-state index is 8.73. The van der Waals surface area contributed by atoms with Crippen LogP contribution in [0.25, 0.3) is 0 Å². The summed E-state index contributed by atoms with van der Waals surface area (Å²) in [5.41, 5.74) is 0.641. The second kappa shape index (κ2) is 4.47. The summed E-state index contributed by atoms with van der Waals surface area (Å²) in [6.07, 6.45) is 6.29. The Morgan fingerprint density at radius 2 is 2.41 bits per heavy atom. The lowest BCUT2D eigenvalue weighted by Gasteiger charge is -2.40. The van der Waals surface area contributed by atoms with Crippen molar-refractivity contribution in [1.29, 1.82) is 5.26 Å². The van der Waals surface area contributed by atoms with E-state index in [0.717, 1.165) is 26.2 Å². The van der Waals surface area contributed by atoms with E-state index < -0.39 is 0 Å². The normalized spacial score (nSPS) is 25.7. The van der Waals surface area contributed by atoms with Crippen molar-refractivity contribution in [3.63, 3.8) is 0 Å². The van der Waals surface area contributed by atoms with E-state index in [0.29, 0.717) is 17.7 Å². The molecule has 0 saturated carbocycles. The van der Waals surface area contributed by atoms with Crippen molar-refractivity contribution in [3.8, 4) is 6.07 Å². The van der Waals surface area contributed by atoms with Gasteiger partial charge in [-0.1, -0.05) is 0 Å². The first kappa shape index (κ1) is 10.8. The Morgan fingerprint density at radius 1 is 1.53 bits per heavy atom. The standard InChI is InChI=1S/C12H16N4O/c13-4-10-5-14-16(6-10)11-7-15(8-11)9-12-2-1-3-17-12/h5-6,11-12H,1-3,7-9H2. The van der Waals surface area contributed by atoms with Crippen LogP contribution in [0.1, 0.15) is 24.4 Å². The Labute approximate surface area is 101 Å². The molecule has 1 aromatic rings. The van der Waals surface area contributed by atoms with Crippen molar-refractivity contribution in [2.45, 2.75) is 25.0 Å². The highest BCUT2D eigenvalue weighted by atomic mass is 16.5. The maximum absolute atomic E-state index is 8.73. The quantitative estimate of drug-likeness (QED) is 0.773. The number of hydrogen-bond donors (Lipinski definition) is 0. The second-order valence-corrected chi connectivity index (χ2v) is 4.83. The zero-order valence-corrected chi connectivity index (χ0v) is 9.75. The van der Waals surface area contributed by atoms with Crippen LogP contribution in [0.15, 0.2) is 12.4 Å². The van der Waals surface area contributed by atoms with Gasteiger partial charge < -0.3 is 4.74 Å². The highest BCUT2D eigenvalue weighted by Crippen LogP contribution is 2.23.